The van der Waals surface area contributed by atoms with Crippen LogP contribution in [0, 0.1) is 0 Å². The van der Waals surface area contributed by atoms with Crippen LogP contribution in [0.5, 0.6) is 0 Å². The molecule has 0 unspecified atom stereocenters. The van der Waals surface area contributed by atoms with E-state index in [1.165, 1.54) is 11.3 Å². The summed E-state index contributed by atoms with van der Waals surface area (Å²) in [6.07, 6.45) is 7.23. The van der Waals surface area contributed by atoms with Crippen LogP contribution in [0.1, 0.15) is 13.3 Å². The molecule has 0 spiro atoms. The van der Waals surface area contributed by atoms with Crippen LogP contribution in [0.3, 0.4) is 0 Å². The molecule has 35 heavy (non-hydrogen) atoms. The summed E-state index contributed by atoms with van der Waals surface area (Å²) in [7, 11) is 0. The molecule has 3 N–H and O–H groups in total. The van der Waals surface area contributed by atoms with E-state index in [0.717, 1.165) is 32.6 Å². The molecule has 6 aromatic heterocycles. The number of aromatic amines is 2. The number of anilines is 1. The van der Waals surface area contributed by atoms with E-state index in [-0.39, 0.29) is 5.91 Å². The number of hydrogen-bond donors (Lipinski definition) is 3. The maximum atomic E-state index is 11.8. The molecule has 0 aliphatic heterocycles. The molecule has 0 radical (unpaired) electrons. The minimum absolute atomic E-state index is 0.0759. The van der Waals surface area contributed by atoms with Crippen molar-refractivity contribution < 1.29 is 4.79 Å². The molecule has 6 rings (SSSR count). The molecular weight excluding hydrogens is 484 g/mol. The Morgan fingerprint density at radius 2 is 1.91 bits per heavy atom. The van der Waals surface area contributed by atoms with E-state index in [9.17, 15) is 4.79 Å². The van der Waals surface area contributed by atoms with Crippen molar-refractivity contribution in [1.29, 1.82) is 0 Å². The lowest BCUT2D eigenvalue weighted by Gasteiger charge is -2.06. The van der Waals surface area contributed by atoms with Crippen LogP contribution in [0.25, 0.3) is 55.3 Å². The van der Waals surface area contributed by atoms with E-state index in [1.807, 2.05) is 30.3 Å². The number of carbonyl (C=O) groups excluding carboxylic acids is 1. The second-order valence-electron chi connectivity index (χ2n) is 7.80. The summed E-state index contributed by atoms with van der Waals surface area (Å²) >= 11 is 7.62. The summed E-state index contributed by atoms with van der Waals surface area (Å²) in [6.45, 7) is 1.80. The fourth-order valence-corrected chi connectivity index (χ4v) is 4.86. The van der Waals surface area contributed by atoms with Crippen LogP contribution >= 0.6 is 22.9 Å². The van der Waals surface area contributed by atoms with Gasteiger partial charge >= 0.3 is 0 Å². The SMILES string of the molecule is CCC(=O)Nc1cncc(-c2ccc3[nH]nc(-c4nc5c(-c6ccc(Cl)s6)cncc5[nH]4)c3n2)c1. The van der Waals surface area contributed by atoms with Gasteiger partial charge in [0.1, 0.15) is 11.0 Å². The summed E-state index contributed by atoms with van der Waals surface area (Å²) in [5.74, 6) is 0.503. The number of amides is 1. The van der Waals surface area contributed by atoms with Crippen molar-refractivity contribution in [3.8, 4) is 33.2 Å². The fraction of sp³-hybridized carbons (Fsp3) is 0.0833. The number of nitrogens with zero attached hydrogens (tertiary/aromatic N) is 5. The van der Waals surface area contributed by atoms with Crippen molar-refractivity contribution in [3.05, 3.63) is 59.5 Å². The summed E-state index contributed by atoms with van der Waals surface area (Å²) in [5.41, 5.74) is 6.60. The Morgan fingerprint density at radius 1 is 1.03 bits per heavy atom. The molecule has 0 saturated heterocycles. The van der Waals surface area contributed by atoms with E-state index in [2.05, 4.69) is 30.5 Å². The first kappa shape index (κ1) is 21.4. The highest BCUT2D eigenvalue weighted by Crippen LogP contribution is 2.35. The molecule has 0 atom stereocenters. The Kier molecular flexibility index (Phi) is 5.24. The number of hydrogen-bond acceptors (Lipinski definition) is 7. The molecule has 0 aliphatic carbocycles. The van der Waals surface area contributed by atoms with Crippen molar-refractivity contribution in [2.45, 2.75) is 13.3 Å². The normalized spacial score (nSPS) is 11.4. The number of halogens is 1. The average Bonchev–Trinajstić information content (AvgIpc) is 3.61. The molecule has 0 bridgehead atoms. The van der Waals surface area contributed by atoms with Crippen LogP contribution in [0.4, 0.5) is 5.69 Å². The quantitative estimate of drug-likeness (QED) is 0.279. The molecule has 6 aromatic rings. The zero-order valence-corrected chi connectivity index (χ0v) is 19.9. The third-order valence-electron chi connectivity index (χ3n) is 5.50. The monoisotopic (exact) mass is 500 g/mol. The molecule has 9 nitrogen and oxygen atoms in total. The first-order valence-electron chi connectivity index (χ1n) is 10.8. The lowest BCUT2D eigenvalue weighted by Crippen LogP contribution is -2.09. The Bertz CT molecular complexity index is 1720. The van der Waals surface area contributed by atoms with E-state index in [1.54, 1.807) is 31.7 Å². The van der Waals surface area contributed by atoms with Gasteiger partial charge in [-0.1, -0.05) is 18.5 Å². The Hall–Kier alpha value is -4.15. The minimum atomic E-state index is -0.0759. The van der Waals surface area contributed by atoms with Crippen molar-refractivity contribution in [1.82, 2.24) is 35.1 Å². The van der Waals surface area contributed by atoms with Crippen LogP contribution in [-0.4, -0.2) is 41.0 Å². The summed E-state index contributed by atoms with van der Waals surface area (Å²) in [5, 5.41) is 10.3. The summed E-state index contributed by atoms with van der Waals surface area (Å²) in [6, 6.07) is 9.46. The number of imidazole rings is 1. The second kappa shape index (κ2) is 8.57. The summed E-state index contributed by atoms with van der Waals surface area (Å²) in [4.78, 5) is 34.4. The first-order valence-corrected chi connectivity index (χ1v) is 12.0. The molecular formula is C24H17ClN8OS. The van der Waals surface area contributed by atoms with Gasteiger partial charge in [0.2, 0.25) is 5.91 Å². The minimum Gasteiger partial charge on any atom is -0.335 e. The number of thiophene rings is 1. The third kappa shape index (κ3) is 3.92. The third-order valence-corrected chi connectivity index (χ3v) is 6.77. The molecule has 1 amide bonds. The number of fused-ring (bicyclic) bond motifs is 2. The Labute approximate surface area is 207 Å². The number of pyridine rings is 3. The molecule has 0 aliphatic rings. The molecule has 6 heterocycles. The maximum absolute atomic E-state index is 11.8. The molecule has 0 fully saturated rings. The number of rotatable bonds is 5. The van der Waals surface area contributed by atoms with Crippen LogP contribution in [0.2, 0.25) is 4.34 Å². The summed E-state index contributed by atoms with van der Waals surface area (Å²) < 4.78 is 0.704. The van der Waals surface area contributed by atoms with E-state index in [0.29, 0.717) is 39.2 Å². The average molecular weight is 501 g/mol. The zero-order chi connectivity index (χ0) is 23.9. The van der Waals surface area contributed by atoms with Crippen LogP contribution in [0.15, 0.2) is 55.1 Å². The standard InChI is InChI=1S/C24H17ClN8OS/c1-2-20(34)28-13-7-12(8-26-9-13)15-3-4-16-22(29-15)23(33-32-16)24-30-17-11-27-10-14(21(17)31-24)18-5-6-19(25)35-18/h3-11H,2H2,1H3,(H,28,34)(H,30,31)(H,32,33). The lowest BCUT2D eigenvalue weighted by molar-refractivity contribution is -0.115. The van der Waals surface area contributed by atoms with Gasteiger partial charge in [0, 0.05) is 34.8 Å². The van der Waals surface area contributed by atoms with Crippen molar-refractivity contribution >= 4 is 56.6 Å². The number of aromatic nitrogens is 7. The van der Waals surface area contributed by atoms with Gasteiger partial charge in [-0.15, -0.1) is 11.3 Å². The van der Waals surface area contributed by atoms with E-state index in [4.69, 9.17) is 21.6 Å². The van der Waals surface area contributed by atoms with Gasteiger partial charge in [0.05, 0.1) is 39.1 Å². The number of H-pyrrole nitrogens is 2. The Balaban J connectivity index is 1.43. The van der Waals surface area contributed by atoms with Gasteiger partial charge in [-0.2, -0.15) is 5.10 Å². The zero-order valence-electron chi connectivity index (χ0n) is 18.3. The van der Waals surface area contributed by atoms with Crippen LogP contribution in [-0.2, 0) is 4.79 Å². The molecule has 172 valence electrons. The lowest BCUT2D eigenvalue weighted by atomic mass is 10.1. The van der Waals surface area contributed by atoms with Gasteiger partial charge in [-0.25, -0.2) is 9.97 Å². The maximum Gasteiger partial charge on any atom is 0.224 e. The first-order chi connectivity index (χ1) is 17.1. The number of nitrogens with one attached hydrogen (secondary N) is 3. The number of carbonyl (C=O) groups is 1. The van der Waals surface area contributed by atoms with E-state index < -0.39 is 0 Å². The van der Waals surface area contributed by atoms with E-state index >= 15 is 0 Å². The molecule has 0 saturated carbocycles. The van der Waals surface area contributed by atoms with Gasteiger partial charge < -0.3 is 10.3 Å². The van der Waals surface area contributed by atoms with Crippen molar-refractivity contribution in [2.24, 2.45) is 0 Å². The van der Waals surface area contributed by atoms with Crippen molar-refractivity contribution in [2.75, 3.05) is 5.32 Å². The highest BCUT2D eigenvalue weighted by atomic mass is 35.5. The molecule has 11 heteroatoms. The van der Waals surface area contributed by atoms with Gasteiger partial charge in [0.25, 0.3) is 0 Å². The highest BCUT2D eigenvalue weighted by Gasteiger charge is 2.18. The van der Waals surface area contributed by atoms with Gasteiger partial charge in [-0.3, -0.25) is 19.9 Å². The Morgan fingerprint density at radius 3 is 2.74 bits per heavy atom. The van der Waals surface area contributed by atoms with Gasteiger partial charge in [-0.05, 0) is 30.3 Å². The molecule has 0 aromatic carbocycles. The highest BCUT2D eigenvalue weighted by molar-refractivity contribution is 7.19. The van der Waals surface area contributed by atoms with Gasteiger partial charge in [0.15, 0.2) is 11.5 Å². The predicted molar refractivity (Wildman–Crippen MR) is 137 cm³/mol. The fourth-order valence-electron chi connectivity index (χ4n) is 3.81. The van der Waals surface area contributed by atoms with Crippen LogP contribution < -0.4 is 5.32 Å². The second-order valence-corrected chi connectivity index (χ2v) is 9.52. The predicted octanol–water partition coefficient (Wildman–Crippen LogP) is 5.69. The smallest absolute Gasteiger partial charge is 0.224 e. The van der Waals surface area contributed by atoms with Crippen molar-refractivity contribution in [3.63, 3.8) is 0 Å². The largest absolute Gasteiger partial charge is 0.335 e. The topological polar surface area (TPSA) is 125 Å².